The third-order valence-electron chi connectivity index (χ3n) is 3.26. The van der Waals surface area contributed by atoms with Crippen LogP contribution in [0.1, 0.15) is 23.7 Å². The highest BCUT2D eigenvalue weighted by Crippen LogP contribution is 2.31. The van der Waals surface area contributed by atoms with E-state index in [2.05, 4.69) is 14.7 Å². The number of halogens is 1. The van der Waals surface area contributed by atoms with Gasteiger partial charge < -0.3 is 9.42 Å². The number of rotatable bonds is 2. The Bertz CT molecular complexity index is 612. The van der Waals surface area contributed by atoms with Crippen LogP contribution in [0.2, 0.25) is 0 Å². The molecule has 5 nitrogen and oxygen atoms in total. The van der Waals surface area contributed by atoms with Crippen molar-refractivity contribution in [3.8, 4) is 0 Å². The molecule has 0 aliphatic carbocycles. The lowest BCUT2D eigenvalue weighted by Crippen LogP contribution is -2.25. The fourth-order valence-electron chi connectivity index (χ4n) is 2.30. The molecular formula is C13H12FN3O2. The minimum atomic E-state index is -0.396. The van der Waals surface area contributed by atoms with Crippen LogP contribution in [0.3, 0.4) is 0 Å². The minimum Gasteiger partial charge on any atom is -0.343 e. The molecule has 1 aromatic heterocycles. The Morgan fingerprint density at radius 1 is 1.47 bits per heavy atom. The van der Waals surface area contributed by atoms with Gasteiger partial charge in [0.05, 0.1) is 5.69 Å². The van der Waals surface area contributed by atoms with Gasteiger partial charge in [0, 0.05) is 18.9 Å². The number of aromatic nitrogens is 2. The van der Waals surface area contributed by atoms with E-state index in [1.807, 2.05) is 6.92 Å². The van der Waals surface area contributed by atoms with Gasteiger partial charge in [-0.15, -0.1) is 0 Å². The molecule has 3 rings (SSSR count). The summed E-state index contributed by atoms with van der Waals surface area (Å²) in [6.07, 6.45) is 1.50. The van der Waals surface area contributed by atoms with Crippen molar-refractivity contribution in [3.05, 3.63) is 41.8 Å². The zero-order chi connectivity index (χ0) is 13.4. The molecule has 1 unspecified atom stereocenters. The highest BCUT2D eigenvalue weighted by atomic mass is 19.1. The van der Waals surface area contributed by atoms with Crippen LogP contribution in [0, 0.1) is 12.7 Å². The molecule has 98 valence electrons. The summed E-state index contributed by atoms with van der Waals surface area (Å²) < 4.78 is 18.5. The van der Waals surface area contributed by atoms with Crippen LogP contribution in [0.4, 0.5) is 10.1 Å². The van der Waals surface area contributed by atoms with Crippen molar-refractivity contribution < 1.29 is 13.7 Å². The lowest BCUT2D eigenvalue weighted by atomic mass is 10.1. The SMILES string of the molecule is Cc1ccc(F)c(N2CC(c3ncon3)CC2=O)c1. The maximum atomic E-state index is 13.8. The summed E-state index contributed by atoms with van der Waals surface area (Å²) in [5, 5.41) is 3.74. The van der Waals surface area contributed by atoms with Gasteiger partial charge in [-0.05, 0) is 24.6 Å². The predicted octanol–water partition coefficient (Wildman–Crippen LogP) is 2.04. The summed E-state index contributed by atoms with van der Waals surface area (Å²) in [5.74, 6) is -0.179. The van der Waals surface area contributed by atoms with E-state index < -0.39 is 5.82 Å². The summed E-state index contributed by atoms with van der Waals surface area (Å²) in [5.41, 5.74) is 1.23. The van der Waals surface area contributed by atoms with Crippen LogP contribution in [-0.4, -0.2) is 22.6 Å². The minimum absolute atomic E-state index is 0.126. The number of hydrogen-bond donors (Lipinski definition) is 0. The highest BCUT2D eigenvalue weighted by Gasteiger charge is 2.35. The molecule has 1 atom stereocenters. The lowest BCUT2D eigenvalue weighted by Gasteiger charge is -2.17. The van der Waals surface area contributed by atoms with E-state index in [4.69, 9.17) is 0 Å². The van der Waals surface area contributed by atoms with E-state index in [1.54, 1.807) is 12.1 Å². The second-order valence-corrected chi connectivity index (χ2v) is 4.65. The number of carbonyl (C=O) groups is 1. The third-order valence-corrected chi connectivity index (χ3v) is 3.26. The molecule has 1 aliphatic heterocycles. The average molecular weight is 261 g/mol. The van der Waals surface area contributed by atoms with Gasteiger partial charge in [-0.2, -0.15) is 4.98 Å². The third kappa shape index (κ3) is 2.09. The molecule has 2 heterocycles. The van der Waals surface area contributed by atoms with Crippen LogP contribution in [0.25, 0.3) is 0 Å². The quantitative estimate of drug-likeness (QED) is 0.830. The van der Waals surface area contributed by atoms with Gasteiger partial charge in [-0.1, -0.05) is 11.2 Å². The van der Waals surface area contributed by atoms with Gasteiger partial charge in [-0.25, -0.2) is 4.39 Å². The number of amides is 1. The van der Waals surface area contributed by atoms with Crippen molar-refractivity contribution >= 4 is 11.6 Å². The zero-order valence-corrected chi connectivity index (χ0v) is 10.3. The fraction of sp³-hybridized carbons (Fsp3) is 0.308. The second kappa shape index (κ2) is 4.46. The summed E-state index contributed by atoms with van der Waals surface area (Å²) in [7, 11) is 0. The molecule has 0 radical (unpaired) electrons. The maximum absolute atomic E-state index is 13.8. The largest absolute Gasteiger partial charge is 0.343 e. The molecule has 1 fully saturated rings. The Kier molecular flexibility index (Phi) is 2.77. The molecule has 19 heavy (non-hydrogen) atoms. The first-order chi connectivity index (χ1) is 9.15. The van der Waals surface area contributed by atoms with Crippen LogP contribution < -0.4 is 4.90 Å². The summed E-state index contributed by atoms with van der Waals surface area (Å²) in [6.45, 7) is 2.24. The predicted molar refractivity (Wildman–Crippen MR) is 65.1 cm³/mol. The van der Waals surface area contributed by atoms with Crippen LogP contribution in [0.15, 0.2) is 29.1 Å². The zero-order valence-electron chi connectivity index (χ0n) is 10.3. The number of hydrogen-bond acceptors (Lipinski definition) is 4. The average Bonchev–Trinajstić information content (AvgIpc) is 3.01. The molecule has 0 N–H and O–H groups in total. The van der Waals surface area contributed by atoms with Gasteiger partial charge in [0.2, 0.25) is 12.3 Å². The smallest absolute Gasteiger partial charge is 0.227 e. The van der Waals surface area contributed by atoms with Crippen LogP contribution >= 0.6 is 0 Å². The summed E-state index contributed by atoms with van der Waals surface area (Å²) in [6, 6.07) is 4.72. The molecule has 2 aromatic rings. The summed E-state index contributed by atoms with van der Waals surface area (Å²) >= 11 is 0. The Morgan fingerprint density at radius 3 is 3.05 bits per heavy atom. The standard InChI is InChI=1S/C13H12FN3O2/c1-8-2-3-10(14)11(4-8)17-6-9(5-12(17)18)13-15-7-19-16-13/h2-4,7,9H,5-6H2,1H3. The van der Waals surface area contributed by atoms with Crippen molar-refractivity contribution in [3.63, 3.8) is 0 Å². The molecule has 1 aromatic carbocycles. The van der Waals surface area contributed by atoms with Gasteiger partial charge in [0.15, 0.2) is 5.82 Å². The van der Waals surface area contributed by atoms with E-state index >= 15 is 0 Å². The number of carbonyl (C=O) groups excluding carboxylic acids is 1. The number of nitrogens with zero attached hydrogens (tertiary/aromatic N) is 3. The van der Waals surface area contributed by atoms with Gasteiger partial charge in [0.1, 0.15) is 5.82 Å². The van der Waals surface area contributed by atoms with Crippen molar-refractivity contribution in [2.45, 2.75) is 19.3 Å². The maximum Gasteiger partial charge on any atom is 0.227 e. The molecule has 1 aliphatic rings. The molecular weight excluding hydrogens is 249 g/mol. The molecule has 0 bridgehead atoms. The van der Waals surface area contributed by atoms with Crippen LogP contribution in [0.5, 0.6) is 0 Å². The Hall–Kier alpha value is -2.24. The monoisotopic (exact) mass is 261 g/mol. The number of aryl methyl sites for hydroxylation is 1. The molecule has 0 spiro atoms. The number of benzene rings is 1. The second-order valence-electron chi connectivity index (χ2n) is 4.65. The van der Waals surface area contributed by atoms with E-state index in [1.165, 1.54) is 17.4 Å². The van der Waals surface area contributed by atoms with Crippen molar-refractivity contribution in [1.82, 2.24) is 10.1 Å². The molecule has 6 heteroatoms. The lowest BCUT2D eigenvalue weighted by molar-refractivity contribution is -0.117. The molecule has 1 saturated heterocycles. The Labute approximate surface area is 109 Å². The highest BCUT2D eigenvalue weighted by molar-refractivity contribution is 5.96. The van der Waals surface area contributed by atoms with Gasteiger partial charge >= 0.3 is 0 Å². The first-order valence-electron chi connectivity index (χ1n) is 5.98. The first kappa shape index (κ1) is 11.8. The van der Waals surface area contributed by atoms with Gasteiger partial charge in [-0.3, -0.25) is 4.79 Å². The topological polar surface area (TPSA) is 59.2 Å². The normalized spacial score (nSPS) is 19.2. The Morgan fingerprint density at radius 2 is 2.32 bits per heavy atom. The molecule has 0 saturated carbocycles. The van der Waals surface area contributed by atoms with E-state index in [0.717, 1.165) is 5.56 Å². The van der Waals surface area contributed by atoms with E-state index in [9.17, 15) is 9.18 Å². The van der Waals surface area contributed by atoms with Gasteiger partial charge in [0.25, 0.3) is 0 Å². The molecule has 1 amide bonds. The fourth-order valence-corrected chi connectivity index (χ4v) is 2.30. The first-order valence-corrected chi connectivity index (χ1v) is 5.98. The van der Waals surface area contributed by atoms with Crippen molar-refractivity contribution in [1.29, 1.82) is 0 Å². The van der Waals surface area contributed by atoms with E-state index in [0.29, 0.717) is 18.1 Å². The van der Waals surface area contributed by atoms with Crippen molar-refractivity contribution in [2.24, 2.45) is 0 Å². The van der Waals surface area contributed by atoms with Crippen molar-refractivity contribution in [2.75, 3.05) is 11.4 Å². The Balaban J connectivity index is 1.90. The van der Waals surface area contributed by atoms with E-state index in [-0.39, 0.29) is 18.2 Å². The number of anilines is 1. The van der Waals surface area contributed by atoms with Crippen LogP contribution in [-0.2, 0) is 4.79 Å². The summed E-state index contributed by atoms with van der Waals surface area (Å²) in [4.78, 5) is 17.4.